The first-order valence-corrected chi connectivity index (χ1v) is 5.77. The quantitative estimate of drug-likeness (QED) is 0.866. The van der Waals surface area contributed by atoms with E-state index in [-0.39, 0.29) is 12.3 Å². The lowest BCUT2D eigenvalue weighted by Gasteiger charge is -2.22. The van der Waals surface area contributed by atoms with Crippen LogP contribution in [0, 0.1) is 11.3 Å². The molecular weight excluding hydrogens is 228 g/mol. The minimum atomic E-state index is -0.619. The number of benzene rings is 1. The Bertz CT molecular complexity index is 435. The molecule has 96 valence electrons. The van der Waals surface area contributed by atoms with E-state index < -0.39 is 11.6 Å². The van der Waals surface area contributed by atoms with Crippen LogP contribution in [0.5, 0.6) is 0 Å². The normalized spacial score (nSPS) is 12.6. The summed E-state index contributed by atoms with van der Waals surface area (Å²) >= 11 is 0. The molecule has 0 spiro atoms. The molecular formula is C14H18N2O2. The van der Waals surface area contributed by atoms with Crippen molar-refractivity contribution < 1.29 is 9.53 Å². The molecule has 4 nitrogen and oxygen atoms in total. The van der Waals surface area contributed by atoms with Gasteiger partial charge in [-0.2, -0.15) is 5.26 Å². The molecule has 0 radical (unpaired) electrons. The van der Waals surface area contributed by atoms with E-state index in [1.807, 2.05) is 44.2 Å². The number of carbonyl (C=O) groups excluding carboxylic acids is 1. The van der Waals surface area contributed by atoms with Crippen molar-refractivity contribution in [2.24, 2.45) is 0 Å². The minimum absolute atomic E-state index is 0.197. The standard InChI is InChI=1S/C14H18N2O2/c1-14(2,18-3)9-13(17)16-12(10-15)11-7-5-4-6-8-11/h4-8,12H,9H2,1-3H3,(H,16,17). The Hall–Kier alpha value is -1.86. The van der Waals surface area contributed by atoms with E-state index in [0.29, 0.717) is 0 Å². The van der Waals surface area contributed by atoms with E-state index in [2.05, 4.69) is 11.4 Å². The summed E-state index contributed by atoms with van der Waals surface area (Å²) in [5.74, 6) is -0.197. The van der Waals surface area contributed by atoms with E-state index >= 15 is 0 Å². The Labute approximate surface area is 108 Å². The number of nitrogens with one attached hydrogen (secondary N) is 1. The summed E-state index contributed by atoms with van der Waals surface area (Å²) in [6.45, 7) is 3.66. The summed E-state index contributed by atoms with van der Waals surface area (Å²) in [5.41, 5.74) is 0.254. The van der Waals surface area contributed by atoms with Crippen LogP contribution in [-0.2, 0) is 9.53 Å². The second-order valence-electron chi connectivity index (χ2n) is 4.68. The third-order valence-electron chi connectivity index (χ3n) is 2.71. The highest BCUT2D eigenvalue weighted by atomic mass is 16.5. The first-order valence-electron chi connectivity index (χ1n) is 5.77. The summed E-state index contributed by atoms with van der Waals surface area (Å²) in [5, 5.41) is 11.8. The molecule has 0 fully saturated rings. The van der Waals surface area contributed by atoms with Crippen molar-refractivity contribution in [1.29, 1.82) is 5.26 Å². The van der Waals surface area contributed by atoms with Gasteiger partial charge >= 0.3 is 0 Å². The van der Waals surface area contributed by atoms with E-state index in [4.69, 9.17) is 10.00 Å². The van der Waals surface area contributed by atoms with Crippen molar-refractivity contribution >= 4 is 5.91 Å². The average molecular weight is 246 g/mol. The van der Waals surface area contributed by atoms with Crippen molar-refractivity contribution in [2.45, 2.75) is 31.9 Å². The number of methoxy groups -OCH3 is 1. The summed E-state index contributed by atoms with van der Waals surface area (Å²) in [4.78, 5) is 11.8. The molecule has 1 N–H and O–H groups in total. The number of amides is 1. The Morgan fingerprint density at radius 3 is 2.56 bits per heavy atom. The van der Waals surface area contributed by atoms with Gasteiger partial charge in [0.15, 0.2) is 0 Å². The molecule has 1 atom stereocenters. The third-order valence-corrected chi connectivity index (χ3v) is 2.71. The molecule has 0 saturated carbocycles. The van der Waals surface area contributed by atoms with Crippen LogP contribution in [0.4, 0.5) is 0 Å². The fourth-order valence-electron chi connectivity index (χ4n) is 1.51. The van der Waals surface area contributed by atoms with E-state index in [1.165, 1.54) is 0 Å². The molecule has 0 saturated heterocycles. The van der Waals surface area contributed by atoms with Crippen molar-refractivity contribution in [3.8, 4) is 6.07 Å². The SMILES string of the molecule is COC(C)(C)CC(=O)NC(C#N)c1ccccc1. The smallest absolute Gasteiger partial charge is 0.224 e. The summed E-state index contributed by atoms with van der Waals surface area (Å²) in [6, 6.07) is 10.6. The van der Waals surface area contributed by atoms with Gasteiger partial charge in [-0.05, 0) is 19.4 Å². The Morgan fingerprint density at radius 2 is 2.06 bits per heavy atom. The lowest BCUT2D eigenvalue weighted by molar-refractivity contribution is -0.126. The molecule has 0 bridgehead atoms. The zero-order valence-electron chi connectivity index (χ0n) is 10.9. The van der Waals surface area contributed by atoms with Gasteiger partial charge < -0.3 is 10.1 Å². The summed E-state index contributed by atoms with van der Waals surface area (Å²) < 4.78 is 5.19. The van der Waals surface area contributed by atoms with Gasteiger partial charge in [-0.3, -0.25) is 4.79 Å². The molecule has 1 rings (SSSR count). The number of nitriles is 1. The van der Waals surface area contributed by atoms with Crippen molar-refractivity contribution in [1.82, 2.24) is 5.32 Å². The highest BCUT2D eigenvalue weighted by molar-refractivity contribution is 5.77. The topological polar surface area (TPSA) is 62.1 Å². The first kappa shape index (κ1) is 14.2. The average Bonchev–Trinajstić information content (AvgIpc) is 2.36. The van der Waals surface area contributed by atoms with Crippen molar-refractivity contribution in [3.05, 3.63) is 35.9 Å². The summed E-state index contributed by atoms with van der Waals surface area (Å²) in [7, 11) is 1.56. The Kier molecular flexibility index (Phi) is 4.87. The summed E-state index contributed by atoms with van der Waals surface area (Å²) in [6.07, 6.45) is 0.217. The number of nitrogens with zero attached hydrogens (tertiary/aromatic N) is 1. The molecule has 0 heterocycles. The fraction of sp³-hybridized carbons (Fsp3) is 0.429. The predicted octanol–water partition coefficient (Wildman–Crippen LogP) is 2.18. The van der Waals surface area contributed by atoms with Crippen LogP contribution in [0.2, 0.25) is 0 Å². The molecule has 18 heavy (non-hydrogen) atoms. The van der Waals surface area contributed by atoms with Gasteiger partial charge in [0.1, 0.15) is 6.04 Å². The van der Waals surface area contributed by atoms with E-state index in [9.17, 15) is 4.79 Å². The second kappa shape index (κ2) is 6.18. The van der Waals surface area contributed by atoms with Crippen LogP contribution >= 0.6 is 0 Å². The van der Waals surface area contributed by atoms with Gasteiger partial charge in [0.2, 0.25) is 5.91 Å². The lowest BCUT2D eigenvalue weighted by Crippen LogP contribution is -2.35. The molecule has 1 aromatic rings. The second-order valence-corrected chi connectivity index (χ2v) is 4.68. The molecule has 0 aliphatic rings. The maximum atomic E-state index is 11.8. The van der Waals surface area contributed by atoms with E-state index in [1.54, 1.807) is 7.11 Å². The lowest BCUT2D eigenvalue weighted by atomic mass is 10.0. The molecule has 1 amide bonds. The molecule has 1 unspecified atom stereocenters. The molecule has 0 aromatic heterocycles. The zero-order valence-corrected chi connectivity index (χ0v) is 10.9. The molecule has 1 aromatic carbocycles. The predicted molar refractivity (Wildman–Crippen MR) is 68.6 cm³/mol. The molecule has 0 aliphatic carbocycles. The number of rotatable bonds is 5. The van der Waals surface area contributed by atoms with Gasteiger partial charge in [0.25, 0.3) is 0 Å². The zero-order chi connectivity index (χ0) is 13.6. The van der Waals surface area contributed by atoms with Crippen LogP contribution in [-0.4, -0.2) is 18.6 Å². The fourth-order valence-corrected chi connectivity index (χ4v) is 1.51. The van der Waals surface area contributed by atoms with Crippen molar-refractivity contribution in [2.75, 3.05) is 7.11 Å². The van der Waals surface area contributed by atoms with Gasteiger partial charge in [-0.25, -0.2) is 0 Å². The molecule has 0 aliphatic heterocycles. The van der Waals surface area contributed by atoms with Gasteiger partial charge in [-0.15, -0.1) is 0 Å². The highest BCUT2D eigenvalue weighted by Gasteiger charge is 2.23. The Morgan fingerprint density at radius 1 is 1.44 bits per heavy atom. The number of hydrogen-bond donors (Lipinski definition) is 1. The highest BCUT2D eigenvalue weighted by Crippen LogP contribution is 2.15. The first-order chi connectivity index (χ1) is 8.48. The van der Waals surface area contributed by atoms with Gasteiger partial charge in [0.05, 0.1) is 18.1 Å². The van der Waals surface area contributed by atoms with Crippen LogP contribution in [0.25, 0.3) is 0 Å². The number of hydrogen-bond acceptors (Lipinski definition) is 3. The van der Waals surface area contributed by atoms with Gasteiger partial charge in [0, 0.05) is 7.11 Å². The van der Waals surface area contributed by atoms with E-state index in [0.717, 1.165) is 5.56 Å². The third kappa shape index (κ3) is 4.19. The Balaban J connectivity index is 2.66. The largest absolute Gasteiger partial charge is 0.378 e. The van der Waals surface area contributed by atoms with Gasteiger partial charge in [-0.1, -0.05) is 30.3 Å². The maximum Gasteiger partial charge on any atom is 0.224 e. The van der Waals surface area contributed by atoms with Crippen molar-refractivity contribution in [3.63, 3.8) is 0 Å². The molecule has 4 heteroatoms. The monoisotopic (exact) mass is 246 g/mol. The number of ether oxygens (including phenoxy) is 1. The minimum Gasteiger partial charge on any atom is -0.378 e. The maximum absolute atomic E-state index is 11.8. The van der Waals surface area contributed by atoms with Crippen LogP contribution in [0.3, 0.4) is 0 Å². The van der Waals surface area contributed by atoms with Crippen LogP contribution in [0.1, 0.15) is 31.9 Å². The van der Waals surface area contributed by atoms with Crippen LogP contribution in [0.15, 0.2) is 30.3 Å². The number of carbonyl (C=O) groups is 1. The van der Waals surface area contributed by atoms with Crippen LogP contribution < -0.4 is 5.32 Å².